The zero-order chi connectivity index (χ0) is 23.5. The fourth-order valence-corrected chi connectivity index (χ4v) is 6.46. The summed E-state index contributed by atoms with van der Waals surface area (Å²) < 4.78 is 7.56. The molecular formula is C25H31N3O3S2. The third kappa shape index (κ3) is 5.03. The molecule has 3 heterocycles. The van der Waals surface area contributed by atoms with Crippen LogP contribution in [0.15, 0.2) is 40.3 Å². The molecule has 0 radical (unpaired) electrons. The summed E-state index contributed by atoms with van der Waals surface area (Å²) in [6, 6.07) is 9.73. The maximum Gasteiger partial charge on any atom is 0.263 e. The molecular weight excluding hydrogens is 454 g/mol. The number of aryl methyl sites for hydroxylation is 2. The molecule has 0 bridgehead atoms. The van der Waals surface area contributed by atoms with E-state index in [1.807, 2.05) is 51.1 Å². The van der Waals surface area contributed by atoms with Gasteiger partial charge in [0.15, 0.2) is 5.16 Å². The Hall–Kier alpha value is -2.16. The highest BCUT2D eigenvalue weighted by atomic mass is 32.2. The normalized spacial score (nSPS) is 16.1. The zero-order valence-corrected chi connectivity index (χ0v) is 21.3. The summed E-state index contributed by atoms with van der Waals surface area (Å²) in [6.07, 6.45) is 2.76. The first-order valence-corrected chi connectivity index (χ1v) is 13.3. The summed E-state index contributed by atoms with van der Waals surface area (Å²) in [7, 11) is 0. The molecule has 1 aliphatic heterocycles. The number of aromatic nitrogens is 2. The number of fused-ring (bicyclic) bond motifs is 1. The van der Waals surface area contributed by atoms with Crippen LogP contribution in [0, 0.1) is 6.92 Å². The second-order valence-corrected chi connectivity index (χ2v) is 10.7. The van der Waals surface area contributed by atoms with Crippen molar-refractivity contribution in [3.63, 3.8) is 0 Å². The summed E-state index contributed by atoms with van der Waals surface area (Å²) in [6.45, 7) is 9.34. The van der Waals surface area contributed by atoms with Crippen LogP contribution >= 0.6 is 23.1 Å². The van der Waals surface area contributed by atoms with Crippen molar-refractivity contribution in [3.05, 3.63) is 51.1 Å². The van der Waals surface area contributed by atoms with E-state index in [2.05, 4.69) is 6.92 Å². The van der Waals surface area contributed by atoms with Gasteiger partial charge in [-0.05, 0) is 57.7 Å². The van der Waals surface area contributed by atoms with Crippen molar-refractivity contribution < 1.29 is 9.53 Å². The number of hydrogen-bond donors (Lipinski definition) is 0. The number of anilines is 1. The van der Waals surface area contributed by atoms with Gasteiger partial charge >= 0.3 is 0 Å². The number of benzene rings is 1. The van der Waals surface area contributed by atoms with E-state index in [9.17, 15) is 9.59 Å². The van der Waals surface area contributed by atoms with Crippen LogP contribution in [0.2, 0.25) is 0 Å². The molecule has 1 atom stereocenters. The molecule has 0 spiro atoms. The molecule has 0 N–H and O–H groups in total. The van der Waals surface area contributed by atoms with Crippen molar-refractivity contribution in [1.82, 2.24) is 9.55 Å². The number of carbonyl (C=O) groups is 1. The van der Waals surface area contributed by atoms with E-state index in [0.29, 0.717) is 11.7 Å². The van der Waals surface area contributed by atoms with Gasteiger partial charge < -0.3 is 9.64 Å². The standard InChI is InChI=1S/C25H31N3O3S2/c1-5-20-17(4)33-23-22(20)24(30)27(14-19-12-9-13-31-19)25(26-23)32-15-21(29)28(16(2)3)18-10-7-6-8-11-18/h6-8,10-11,16,19H,5,9,12-15H2,1-4H3. The second kappa shape index (κ2) is 10.4. The first-order valence-electron chi connectivity index (χ1n) is 11.5. The van der Waals surface area contributed by atoms with E-state index in [1.165, 1.54) is 11.8 Å². The number of para-hydroxylation sites is 1. The maximum atomic E-state index is 13.6. The Labute approximate surface area is 203 Å². The van der Waals surface area contributed by atoms with Crippen molar-refractivity contribution in [3.8, 4) is 0 Å². The molecule has 0 saturated carbocycles. The van der Waals surface area contributed by atoms with E-state index in [1.54, 1.807) is 20.8 Å². The van der Waals surface area contributed by atoms with Gasteiger partial charge in [0, 0.05) is 23.2 Å². The van der Waals surface area contributed by atoms with Gasteiger partial charge in [-0.3, -0.25) is 14.2 Å². The number of rotatable bonds is 8. The van der Waals surface area contributed by atoms with Gasteiger partial charge in [-0.1, -0.05) is 36.9 Å². The van der Waals surface area contributed by atoms with Crippen molar-refractivity contribution in [2.75, 3.05) is 17.3 Å². The summed E-state index contributed by atoms with van der Waals surface area (Å²) in [5.74, 6) is 0.206. The van der Waals surface area contributed by atoms with E-state index in [4.69, 9.17) is 9.72 Å². The topological polar surface area (TPSA) is 64.4 Å². The van der Waals surface area contributed by atoms with Crippen molar-refractivity contribution in [1.29, 1.82) is 0 Å². The molecule has 3 aromatic rings. The van der Waals surface area contributed by atoms with Gasteiger partial charge in [0.25, 0.3) is 5.56 Å². The minimum Gasteiger partial charge on any atom is -0.376 e. The summed E-state index contributed by atoms with van der Waals surface area (Å²) in [4.78, 5) is 35.4. The molecule has 176 valence electrons. The van der Waals surface area contributed by atoms with Crippen molar-refractivity contribution >= 4 is 44.9 Å². The third-order valence-electron chi connectivity index (χ3n) is 5.99. The quantitative estimate of drug-likeness (QED) is 0.330. The van der Waals surface area contributed by atoms with E-state index >= 15 is 0 Å². The molecule has 1 unspecified atom stereocenters. The lowest BCUT2D eigenvalue weighted by Crippen LogP contribution is -2.38. The van der Waals surface area contributed by atoms with Gasteiger partial charge in [0.1, 0.15) is 4.83 Å². The SMILES string of the molecule is CCc1c(C)sc2nc(SCC(=O)N(c3ccccc3)C(C)C)n(CC3CCCO3)c(=O)c12. The molecule has 33 heavy (non-hydrogen) atoms. The molecule has 1 aromatic carbocycles. The Kier molecular flexibility index (Phi) is 7.56. The second-order valence-electron chi connectivity index (χ2n) is 8.60. The molecule has 1 fully saturated rings. The fourth-order valence-electron chi connectivity index (χ4n) is 4.43. The molecule has 1 amide bonds. The summed E-state index contributed by atoms with van der Waals surface area (Å²) in [5.41, 5.74) is 1.94. The third-order valence-corrected chi connectivity index (χ3v) is 7.99. The van der Waals surface area contributed by atoms with Crippen LogP contribution in [0.5, 0.6) is 0 Å². The summed E-state index contributed by atoms with van der Waals surface area (Å²) in [5, 5.41) is 1.32. The van der Waals surface area contributed by atoms with Crippen LogP contribution in [-0.4, -0.2) is 40.0 Å². The van der Waals surface area contributed by atoms with Crippen LogP contribution in [-0.2, 0) is 22.5 Å². The van der Waals surface area contributed by atoms with Gasteiger partial charge in [-0.15, -0.1) is 11.3 Å². The molecule has 4 rings (SSSR count). The average Bonchev–Trinajstić information content (AvgIpc) is 3.42. The van der Waals surface area contributed by atoms with Crippen LogP contribution in [0.4, 0.5) is 5.69 Å². The Morgan fingerprint density at radius 2 is 2.09 bits per heavy atom. The monoisotopic (exact) mass is 485 g/mol. The Bertz CT molecular complexity index is 1180. The van der Waals surface area contributed by atoms with Gasteiger partial charge in [-0.25, -0.2) is 4.98 Å². The van der Waals surface area contributed by atoms with Gasteiger partial charge in [-0.2, -0.15) is 0 Å². The van der Waals surface area contributed by atoms with Crippen molar-refractivity contribution in [2.45, 2.75) is 70.8 Å². The molecule has 8 heteroatoms. The van der Waals surface area contributed by atoms with E-state index in [0.717, 1.165) is 52.2 Å². The molecule has 0 aliphatic carbocycles. The number of ether oxygens (including phenoxy) is 1. The number of hydrogen-bond acceptors (Lipinski definition) is 6. The predicted octanol–water partition coefficient (Wildman–Crippen LogP) is 5.04. The lowest BCUT2D eigenvalue weighted by Gasteiger charge is -2.27. The largest absolute Gasteiger partial charge is 0.376 e. The fraction of sp³-hybridized carbons (Fsp3) is 0.480. The van der Waals surface area contributed by atoms with Crippen LogP contribution in [0.25, 0.3) is 10.2 Å². The van der Waals surface area contributed by atoms with Gasteiger partial charge in [0.05, 0.1) is 23.8 Å². The van der Waals surface area contributed by atoms with E-state index < -0.39 is 0 Å². The first-order chi connectivity index (χ1) is 15.9. The zero-order valence-electron chi connectivity index (χ0n) is 19.7. The summed E-state index contributed by atoms with van der Waals surface area (Å²) >= 11 is 2.90. The van der Waals surface area contributed by atoms with Crippen LogP contribution < -0.4 is 10.5 Å². The Morgan fingerprint density at radius 1 is 1.33 bits per heavy atom. The smallest absolute Gasteiger partial charge is 0.263 e. The molecule has 6 nitrogen and oxygen atoms in total. The maximum absolute atomic E-state index is 13.6. The minimum absolute atomic E-state index is 0.00387. The number of carbonyl (C=O) groups excluding carboxylic acids is 1. The van der Waals surface area contributed by atoms with E-state index in [-0.39, 0.29) is 29.4 Å². The average molecular weight is 486 g/mol. The first kappa shape index (κ1) is 24.0. The highest BCUT2D eigenvalue weighted by molar-refractivity contribution is 7.99. The number of nitrogens with zero attached hydrogens (tertiary/aromatic N) is 3. The lowest BCUT2D eigenvalue weighted by atomic mass is 10.1. The number of thioether (sulfide) groups is 1. The highest BCUT2D eigenvalue weighted by Gasteiger charge is 2.24. The minimum atomic E-state index is -0.0181. The Morgan fingerprint density at radius 3 is 2.73 bits per heavy atom. The number of thiophene rings is 1. The van der Waals surface area contributed by atoms with Crippen LogP contribution in [0.3, 0.4) is 0 Å². The number of amides is 1. The lowest BCUT2D eigenvalue weighted by molar-refractivity contribution is -0.116. The highest BCUT2D eigenvalue weighted by Crippen LogP contribution is 2.30. The predicted molar refractivity (Wildman–Crippen MR) is 137 cm³/mol. The van der Waals surface area contributed by atoms with Gasteiger partial charge in [0.2, 0.25) is 5.91 Å². The Balaban J connectivity index is 1.67. The molecule has 1 saturated heterocycles. The van der Waals surface area contributed by atoms with Crippen LogP contribution in [0.1, 0.15) is 44.1 Å². The molecule has 2 aromatic heterocycles. The van der Waals surface area contributed by atoms with Crippen molar-refractivity contribution in [2.24, 2.45) is 0 Å². The molecule has 1 aliphatic rings.